The fourth-order valence-corrected chi connectivity index (χ4v) is 8.75. The minimum Gasteiger partial charge on any atom is -0.453 e. The van der Waals surface area contributed by atoms with E-state index in [0.717, 1.165) is 119 Å². The molecule has 0 aromatic heterocycles. The number of ether oxygens (including phenoxy) is 3. The third kappa shape index (κ3) is 5.82. The summed E-state index contributed by atoms with van der Waals surface area (Å²) in [6, 6.07) is 68.6. The van der Waals surface area contributed by atoms with Crippen LogP contribution in [0.15, 0.2) is 200 Å². The second-order valence-electron chi connectivity index (χ2n) is 15.1. The summed E-state index contributed by atoms with van der Waals surface area (Å²) >= 11 is 0. The highest BCUT2D eigenvalue weighted by molar-refractivity contribution is 6.11. The number of anilines is 9. The average molecular weight is 789 g/mol. The molecule has 3 N–H and O–H groups in total. The number of hydrogen-bond donors (Lipinski definition) is 3. The van der Waals surface area contributed by atoms with E-state index >= 15 is 0 Å². The number of nitrogens with zero attached hydrogens (tertiary/aromatic N) is 1. The van der Waals surface area contributed by atoms with E-state index in [1.54, 1.807) is 0 Å². The summed E-state index contributed by atoms with van der Waals surface area (Å²) < 4.78 is 19.9. The first kappa shape index (κ1) is 34.6. The van der Waals surface area contributed by atoms with Crippen LogP contribution in [0.5, 0.6) is 34.5 Å². The maximum absolute atomic E-state index is 6.67. The fraction of sp³-hybridized carbons (Fsp3) is 0. The lowest BCUT2D eigenvalue weighted by molar-refractivity contribution is 0.481. The van der Waals surface area contributed by atoms with Crippen LogP contribution in [0.25, 0.3) is 33.4 Å². The van der Waals surface area contributed by atoms with Crippen molar-refractivity contribution in [1.82, 2.24) is 0 Å². The Morgan fingerprint density at radius 2 is 0.656 bits per heavy atom. The smallest absolute Gasteiger partial charge is 0.151 e. The van der Waals surface area contributed by atoms with Crippen molar-refractivity contribution in [3.63, 3.8) is 0 Å². The van der Waals surface area contributed by atoms with Crippen molar-refractivity contribution in [3.05, 3.63) is 200 Å². The van der Waals surface area contributed by atoms with E-state index in [1.165, 1.54) is 0 Å². The standard InChI is InChI=1S/C54H36N4O3/c1-3-16-34(17-4-1)58(35-18-5-2-6-19-35)43-33-32-36(37-20-13-29-47-52(37)55-40-23-7-10-26-44(40)59-47)50(38-21-14-30-48-53(38)56-41-24-8-11-27-45(41)60-48)51(43)39-22-15-31-49-54(39)57-42-25-9-12-28-46(42)61-49/h1-33,55-57H. The zero-order valence-corrected chi connectivity index (χ0v) is 32.7. The van der Waals surface area contributed by atoms with Gasteiger partial charge in [-0.1, -0.05) is 115 Å². The van der Waals surface area contributed by atoms with E-state index in [9.17, 15) is 0 Å². The molecule has 0 bridgehead atoms. The van der Waals surface area contributed by atoms with Crippen molar-refractivity contribution in [2.75, 3.05) is 20.9 Å². The Morgan fingerprint density at radius 1 is 0.279 bits per heavy atom. The van der Waals surface area contributed by atoms with Gasteiger partial charge in [0.25, 0.3) is 0 Å². The van der Waals surface area contributed by atoms with Gasteiger partial charge in [-0.05, 0) is 90.5 Å². The van der Waals surface area contributed by atoms with Crippen molar-refractivity contribution in [3.8, 4) is 67.9 Å². The van der Waals surface area contributed by atoms with Crippen LogP contribution in [0.4, 0.5) is 51.2 Å². The molecule has 0 radical (unpaired) electrons. The molecule has 7 heteroatoms. The van der Waals surface area contributed by atoms with Crippen LogP contribution in [-0.2, 0) is 0 Å². The van der Waals surface area contributed by atoms with Gasteiger partial charge in [0, 0.05) is 39.2 Å². The lowest BCUT2D eigenvalue weighted by Gasteiger charge is -2.33. The molecule has 0 spiro atoms. The lowest BCUT2D eigenvalue weighted by atomic mass is 9.83. The summed E-state index contributed by atoms with van der Waals surface area (Å²) in [7, 11) is 0. The van der Waals surface area contributed by atoms with E-state index in [2.05, 4.69) is 142 Å². The summed E-state index contributed by atoms with van der Waals surface area (Å²) in [5.74, 6) is 4.54. The molecule has 7 nitrogen and oxygen atoms in total. The molecule has 0 fully saturated rings. The number of para-hydroxylation sites is 11. The topological polar surface area (TPSA) is 67.0 Å². The van der Waals surface area contributed by atoms with Crippen LogP contribution < -0.4 is 35.1 Å². The molecule has 61 heavy (non-hydrogen) atoms. The molecule has 0 atom stereocenters. The second-order valence-corrected chi connectivity index (χ2v) is 15.1. The summed E-state index contributed by atoms with van der Waals surface area (Å²) in [6.45, 7) is 0. The molecule has 0 unspecified atom stereocenters. The van der Waals surface area contributed by atoms with Gasteiger partial charge >= 0.3 is 0 Å². The Kier molecular flexibility index (Phi) is 8.03. The Balaban J connectivity index is 1.21. The highest BCUT2D eigenvalue weighted by Crippen LogP contribution is 2.58. The first-order valence-electron chi connectivity index (χ1n) is 20.3. The average Bonchev–Trinajstić information content (AvgIpc) is 3.32. The summed E-state index contributed by atoms with van der Waals surface area (Å²) in [6.07, 6.45) is 0. The van der Waals surface area contributed by atoms with Gasteiger partial charge in [0.05, 0.1) is 39.8 Å². The molecule has 0 saturated heterocycles. The molecule has 0 aliphatic carbocycles. The van der Waals surface area contributed by atoms with Crippen molar-refractivity contribution in [2.24, 2.45) is 0 Å². The van der Waals surface area contributed by atoms with Gasteiger partial charge in [-0.3, -0.25) is 0 Å². The van der Waals surface area contributed by atoms with Crippen LogP contribution in [0.1, 0.15) is 0 Å². The van der Waals surface area contributed by atoms with Gasteiger partial charge in [0.1, 0.15) is 0 Å². The van der Waals surface area contributed by atoms with Crippen LogP contribution in [0.3, 0.4) is 0 Å². The number of nitrogens with one attached hydrogen (secondary N) is 3. The molecule has 12 rings (SSSR count). The molecule has 290 valence electrons. The molecule has 9 aromatic carbocycles. The first-order valence-corrected chi connectivity index (χ1v) is 20.3. The van der Waals surface area contributed by atoms with E-state index in [-0.39, 0.29) is 0 Å². The van der Waals surface area contributed by atoms with Gasteiger partial charge < -0.3 is 35.1 Å². The largest absolute Gasteiger partial charge is 0.453 e. The Hall–Kier alpha value is -8.42. The van der Waals surface area contributed by atoms with Crippen molar-refractivity contribution >= 4 is 51.2 Å². The maximum Gasteiger partial charge on any atom is 0.151 e. The van der Waals surface area contributed by atoms with Crippen molar-refractivity contribution < 1.29 is 14.2 Å². The molecule has 3 aliphatic rings. The monoisotopic (exact) mass is 788 g/mol. The minimum atomic E-state index is 0.734. The van der Waals surface area contributed by atoms with Gasteiger partial charge in [-0.2, -0.15) is 0 Å². The van der Waals surface area contributed by atoms with E-state index in [4.69, 9.17) is 14.2 Å². The van der Waals surface area contributed by atoms with E-state index < -0.39 is 0 Å². The van der Waals surface area contributed by atoms with Crippen LogP contribution in [0.2, 0.25) is 0 Å². The number of rotatable bonds is 6. The number of hydrogen-bond acceptors (Lipinski definition) is 7. The van der Waals surface area contributed by atoms with E-state index in [1.807, 2.05) is 78.9 Å². The van der Waals surface area contributed by atoms with Gasteiger partial charge in [0.2, 0.25) is 0 Å². The quantitative estimate of drug-likeness (QED) is 0.155. The predicted molar refractivity (Wildman–Crippen MR) is 247 cm³/mol. The van der Waals surface area contributed by atoms with Crippen molar-refractivity contribution in [2.45, 2.75) is 0 Å². The SMILES string of the molecule is c1ccc(N(c2ccccc2)c2ccc(-c3cccc4c3Nc3ccccc3O4)c(-c3cccc4c3Nc3ccccc3O4)c2-c2cccc3c2Nc2ccccc2O3)cc1. The Bertz CT molecular complexity index is 3130. The summed E-state index contributed by atoms with van der Waals surface area (Å²) in [4.78, 5) is 2.34. The van der Waals surface area contributed by atoms with Crippen LogP contribution >= 0.6 is 0 Å². The molecular formula is C54H36N4O3. The van der Waals surface area contributed by atoms with Crippen molar-refractivity contribution in [1.29, 1.82) is 0 Å². The summed E-state index contributed by atoms with van der Waals surface area (Å²) in [5.41, 5.74) is 14.2. The molecule has 0 saturated carbocycles. The molecular weight excluding hydrogens is 753 g/mol. The van der Waals surface area contributed by atoms with Crippen LogP contribution in [-0.4, -0.2) is 0 Å². The van der Waals surface area contributed by atoms with Gasteiger partial charge in [-0.25, -0.2) is 0 Å². The normalized spacial score (nSPS) is 12.4. The summed E-state index contributed by atoms with van der Waals surface area (Å²) in [5, 5.41) is 11.4. The van der Waals surface area contributed by atoms with Crippen LogP contribution in [0, 0.1) is 0 Å². The molecule has 0 amide bonds. The predicted octanol–water partition coefficient (Wildman–Crippen LogP) is 15.7. The van der Waals surface area contributed by atoms with Gasteiger partial charge in [-0.15, -0.1) is 0 Å². The third-order valence-electron chi connectivity index (χ3n) is 11.5. The fourth-order valence-electron chi connectivity index (χ4n) is 8.75. The zero-order valence-electron chi connectivity index (χ0n) is 32.7. The molecule has 3 heterocycles. The zero-order chi connectivity index (χ0) is 40.3. The minimum absolute atomic E-state index is 0.734. The lowest BCUT2D eigenvalue weighted by Crippen LogP contribution is -2.13. The molecule has 9 aromatic rings. The number of benzene rings is 9. The Morgan fingerprint density at radius 3 is 1.13 bits per heavy atom. The maximum atomic E-state index is 6.67. The Labute approximate surface area is 353 Å². The highest BCUT2D eigenvalue weighted by Gasteiger charge is 2.32. The third-order valence-corrected chi connectivity index (χ3v) is 11.5. The highest BCUT2D eigenvalue weighted by atomic mass is 16.5. The van der Waals surface area contributed by atoms with E-state index in [0.29, 0.717) is 0 Å². The number of fused-ring (bicyclic) bond motifs is 6. The molecule has 3 aliphatic heterocycles. The van der Waals surface area contributed by atoms with Gasteiger partial charge in [0.15, 0.2) is 34.5 Å². The first-order chi connectivity index (χ1) is 30.2. The second kappa shape index (κ2) is 14.1.